The summed E-state index contributed by atoms with van der Waals surface area (Å²) in [6, 6.07) is 18.8. The third kappa shape index (κ3) is 6.46. The van der Waals surface area contributed by atoms with Crippen LogP contribution < -0.4 is 4.90 Å². The van der Waals surface area contributed by atoms with Gasteiger partial charge in [0.25, 0.3) is 0 Å². The zero-order valence-electron chi connectivity index (χ0n) is 19.8. The number of aryl methyl sites for hydroxylation is 4. The predicted molar refractivity (Wildman–Crippen MR) is 135 cm³/mol. The molecule has 0 fully saturated rings. The van der Waals surface area contributed by atoms with Crippen LogP contribution in [0, 0.1) is 27.7 Å². The average Bonchev–Trinajstić information content (AvgIpc) is 2.75. The van der Waals surface area contributed by atoms with Gasteiger partial charge in [-0.3, -0.25) is 4.79 Å². The van der Waals surface area contributed by atoms with E-state index < -0.39 is 5.97 Å². The Kier molecular flexibility index (Phi) is 7.95. The maximum absolute atomic E-state index is 13.4. The Morgan fingerprint density at radius 1 is 0.848 bits per heavy atom. The summed E-state index contributed by atoms with van der Waals surface area (Å²) in [5.41, 5.74) is 6.64. The third-order valence-electron chi connectivity index (χ3n) is 5.40. The summed E-state index contributed by atoms with van der Waals surface area (Å²) < 4.78 is 1.95. The van der Waals surface area contributed by atoms with Crippen molar-refractivity contribution in [1.82, 2.24) is 4.31 Å². The number of carbonyl (C=O) groups excluding carboxylic acids is 1. The van der Waals surface area contributed by atoms with Crippen LogP contribution in [0.5, 0.6) is 0 Å². The number of hydrogen-bond donors (Lipinski definition) is 1. The second-order valence-corrected chi connectivity index (χ2v) is 9.64. The van der Waals surface area contributed by atoms with E-state index in [-0.39, 0.29) is 18.0 Å². The van der Waals surface area contributed by atoms with Gasteiger partial charge in [0.15, 0.2) is 0 Å². The summed E-state index contributed by atoms with van der Waals surface area (Å²) in [7, 11) is 1.92. The maximum Gasteiger partial charge on any atom is 0.335 e. The molecule has 1 N–H and O–H groups in total. The molecule has 6 heteroatoms. The number of rotatable bonds is 8. The highest BCUT2D eigenvalue weighted by molar-refractivity contribution is 7.97. The Morgan fingerprint density at radius 2 is 1.42 bits per heavy atom. The van der Waals surface area contributed by atoms with E-state index in [1.807, 2.05) is 42.5 Å². The molecule has 3 rings (SSSR count). The molecule has 3 aromatic rings. The first-order valence-corrected chi connectivity index (χ1v) is 11.6. The van der Waals surface area contributed by atoms with E-state index in [0.29, 0.717) is 12.2 Å². The topological polar surface area (TPSA) is 60.9 Å². The van der Waals surface area contributed by atoms with Gasteiger partial charge in [0.05, 0.1) is 18.7 Å². The molecular formula is C27H30N2O3S. The monoisotopic (exact) mass is 462 g/mol. The summed E-state index contributed by atoms with van der Waals surface area (Å²) in [6.45, 7) is 8.91. The Balaban J connectivity index is 1.82. The van der Waals surface area contributed by atoms with Gasteiger partial charge in [0, 0.05) is 10.6 Å². The Bertz CT molecular complexity index is 1120. The fourth-order valence-corrected chi connectivity index (χ4v) is 4.65. The second-order valence-electron chi connectivity index (χ2n) is 8.42. The fourth-order valence-electron chi connectivity index (χ4n) is 3.76. The normalized spacial score (nSPS) is 11.0. The molecule has 33 heavy (non-hydrogen) atoms. The molecule has 0 aliphatic rings. The number of amides is 1. The van der Waals surface area contributed by atoms with Crippen molar-refractivity contribution in [3.63, 3.8) is 0 Å². The van der Waals surface area contributed by atoms with E-state index in [9.17, 15) is 14.7 Å². The molecule has 172 valence electrons. The molecule has 1 amide bonds. The standard InChI is InChI=1S/C27H30N2O3S/c1-18-6-8-22(9-7-18)16-29(24-12-10-23(11-13-24)27(31)32)25(30)17-28(5)33-26-20(3)14-19(2)15-21(26)4/h6-15H,16-17H2,1-5H3,(H,31,32). The lowest BCUT2D eigenvalue weighted by Crippen LogP contribution is -2.37. The Labute approximate surface area is 200 Å². The molecule has 0 spiro atoms. The van der Waals surface area contributed by atoms with Gasteiger partial charge in [-0.05, 0) is 87.6 Å². The van der Waals surface area contributed by atoms with Crippen LogP contribution in [-0.2, 0) is 11.3 Å². The fraction of sp³-hybridized carbons (Fsp3) is 0.259. The second kappa shape index (κ2) is 10.7. The Hall–Kier alpha value is -3.09. The van der Waals surface area contributed by atoms with Gasteiger partial charge in [-0.25, -0.2) is 9.10 Å². The number of benzene rings is 3. The summed E-state index contributed by atoms with van der Waals surface area (Å²) in [5.74, 6) is -1.05. The van der Waals surface area contributed by atoms with Crippen molar-refractivity contribution in [2.24, 2.45) is 0 Å². The van der Waals surface area contributed by atoms with Crippen molar-refractivity contribution in [1.29, 1.82) is 0 Å². The summed E-state index contributed by atoms with van der Waals surface area (Å²) in [6.07, 6.45) is 0. The molecule has 0 radical (unpaired) electrons. The van der Waals surface area contributed by atoms with Crippen LogP contribution in [0.25, 0.3) is 0 Å². The molecule has 0 aliphatic heterocycles. The summed E-state index contributed by atoms with van der Waals surface area (Å²) in [5, 5.41) is 9.22. The number of aromatic carboxylic acids is 1. The van der Waals surface area contributed by atoms with Gasteiger partial charge >= 0.3 is 5.97 Å². The van der Waals surface area contributed by atoms with Crippen molar-refractivity contribution < 1.29 is 14.7 Å². The van der Waals surface area contributed by atoms with Crippen LogP contribution >= 0.6 is 11.9 Å². The SMILES string of the molecule is Cc1ccc(CN(C(=O)CN(C)Sc2c(C)cc(C)cc2C)c2ccc(C(=O)O)cc2)cc1. The lowest BCUT2D eigenvalue weighted by Gasteiger charge is -2.26. The molecule has 0 aliphatic carbocycles. The highest BCUT2D eigenvalue weighted by atomic mass is 32.2. The van der Waals surface area contributed by atoms with Crippen LogP contribution in [0.3, 0.4) is 0 Å². The van der Waals surface area contributed by atoms with Crippen LogP contribution in [0.15, 0.2) is 65.6 Å². The van der Waals surface area contributed by atoms with Gasteiger partial charge in [0.1, 0.15) is 0 Å². The molecule has 0 atom stereocenters. The minimum atomic E-state index is -0.988. The number of carboxylic acids is 1. The van der Waals surface area contributed by atoms with Gasteiger partial charge in [-0.2, -0.15) is 0 Å². The highest BCUT2D eigenvalue weighted by Crippen LogP contribution is 2.30. The third-order valence-corrected chi connectivity index (χ3v) is 6.67. The molecular weight excluding hydrogens is 432 g/mol. The van der Waals surface area contributed by atoms with Crippen molar-refractivity contribution in [2.75, 3.05) is 18.5 Å². The number of nitrogens with zero attached hydrogens (tertiary/aromatic N) is 2. The van der Waals surface area contributed by atoms with Gasteiger partial charge in [-0.15, -0.1) is 0 Å². The highest BCUT2D eigenvalue weighted by Gasteiger charge is 2.20. The van der Waals surface area contributed by atoms with Gasteiger partial charge in [-0.1, -0.05) is 47.5 Å². The van der Waals surface area contributed by atoms with E-state index in [1.54, 1.807) is 29.0 Å². The van der Waals surface area contributed by atoms with Gasteiger partial charge in [0.2, 0.25) is 5.91 Å². The molecule has 0 bridgehead atoms. The smallest absolute Gasteiger partial charge is 0.335 e. The van der Waals surface area contributed by atoms with Crippen molar-refractivity contribution in [3.8, 4) is 0 Å². The lowest BCUT2D eigenvalue weighted by molar-refractivity contribution is -0.118. The number of carbonyl (C=O) groups is 2. The summed E-state index contributed by atoms with van der Waals surface area (Å²) >= 11 is 1.57. The minimum absolute atomic E-state index is 0.0592. The quantitative estimate of drug-likeness (QED) is 0.429. The number of hydrogen-bond acceptors (Lipinski definition) is 4. The van der Waals surface area contributed by atoms with Crippen LogP contribution in [0.1, 0.15) is 38.2 Å². The van der Waals surface area contributed by atoms with E-state index in [2.05, 4.69) is 32.9 Å². The van der Waals surface area contributed by atoms with E-state index in [4.69, 9.17) is 0 Å². The zero-order valence-corrected chi connectivity index (χ0v) is 20.6. The minimum Gasteiger partial charge on any atom is -0.478 e. The molecule has 0 saturated heterocycles. The first-order valence-electron chi connectivity index (χ1n) is 10.8. The van der Waals surface area contributed by atoms with Crippen molar-refractivity contribution in [2.45, 2.75) is 39.1 Å². The van der Waals surface area contributed by atoms with Crippen molar-refractivity contribution >= 4 is 29.5 Å². The van der Waals surface area contributed by atoms with Gasteiger partial charge < -0.3 is 10.0 Å². The van der Waals surface area contributed by atoms with Crippen LogP contribution in [0.4, 0.5) is 5.69 Å². The van der Waals surface area contributed by atoms with Crippen molar-refractivity contribution in [3.05, 3.63) is 94.0 Å². The van der Waals surface area contributed by atoms with Crippen LogP contribution in [0.2, 0.25) is 0 Å². The van der Waals surface area contributed by atoms with E-state index >= 15 is 0 Å². The molecule has 3 aromatic carbocycles. The molecule has 5 nitrogen and oxygen atoms in total. The Morgan fingerprint density at radius 3 is 1.97 bits per heavy atom. The first kappa shape index (κ1) is 24.6. The van der Waals surface area contributed by atoms with E-state index in [1.165, 1.54) is 28.8 Å². The number of anilines is 1. The predicted octanol–water partition coefficient (Wildman–Crippen LogP) is 5.79. The average molecular weight is 463 g/mol. The zero-order chi connectivity index (χ0) is 24.1. The molecule has 0 unspecified atom stereocenters. The number of carboxylic acid groups (broad SMARTS) is 1. The molecule has 0 heterocycles. The number of likely N-dealkylation sites (N-methyl/N-ethyl adjacent to an activating group) is 1. The first-order chi connectivity index (χ1) is 15.6. The largest absolute Gasteiger partial charge is 0.478 e. The maximum atomic E-state index is 13.4. The summed E-state index contributed by atoms with van der Waals surface area (Å²) in [4.78, 5) is 27.5. The van der Waals surface area contributed by atoms with E-state index in [0.717, 1.165) is 16.0 Å². The molecule has 0 saturated carbocycles. The van der Waals surface area contributed by atoms with Crippen LogP contribution in [-0.4, -0.2) is 34.9 Å². The lowest BCUT2D eigenvalue weighted by atomic mass is 10.1. The molecule has 0 aromatic heterocycles.